The summed E-state index contributed by atoms with van der Waals surface area (Å²) in [6, 6.07) is 14.6. The number of hydrogen-bond donors (Lipinski definition) is 1. The van der Waals surface area contributed by atoms with Gasteiger partial charge in [-0.15, -0.1) is 0 Å². The Kier molecular flexibility index (Phi) is 5.79. The second kappa shape index (κ2) is 8.23. The van der Waals surface area contributed by atoms with Crippen molar-refractivity contribution in [2.24, 2.45) is 0 Å². The van der Waals surface area contributed by atoms with E-state index in [0.717, 1.165) is 43.4 Å². The molecule has 2 aromatic carbocycles. The fraction of sp³-hybridized carbons (Fsp3) is 0.316. The van der Waals surface area contributed by atoms with Crippen LogP contribution in [0.25, 0.3) is 0 Å². The first kappa shape index (κ1) is 17.6. The molecule has 0 atom stereocenters. The fourth-order valence-corrected chi connectivity index (χ4v) is 3.23. The number of nitrogens with zero attached hydrogens (tertiary/aromatic N) is 2. The van der Waals surface area contributed by atoms with Crippen LogP contribution >= 0.6 is 11.6 Å². The molecule has 132 valence electrons. The first-order chi connectivity index (χ1) is 12.1. The predicted molar refractivity (Wildman–Crippen MR) is 99.0 cm³/mol. The van der Waals surface area contributed by atoms with E-state index in [4.69, 9.17) is 21.4 Å². The average molecular weight is 361 g/mol. The third-order valence-electron chi connectivity index (χ3n) is 4.35. The fourth-order valence-electron chi connectivity index (χ4n) is 2.97. The van der Waals surface area contributed by atoms with Crippen LogP contribution in [0.2, 0.25) is 5.02 Å². The summed E-state index contributed by atoms with van der Waals surface area (Å²) in [4.78, 5) is 15.8. The summed E-state index contributed by atoms with van der Waals surface area (Å²) < 4.78 is 5.67. The Morgan fingerprint density at radius 3 is 2.44 bits per heavy atom. The molecule has 1 aliphatic heterocycles. The zero-order valence-electron chi connectivity index (χ0n) is 13.9. The average Bonchev–Trinajstić information content (AvgIpc) is 2.63. The van der Waals surface area contributed by atoms with Crippen molar-refractivity contribution in [2.75, 3.05) is 44.2 Å². The number of para-hydroxylation sites is 2. The maximum Gasteiger partial charge on any atom is 0.339 e. The first-order valence-corrected chi connectivity index (χ1v) is 8.70. The van der Waals surface area contributed by atoms with E-state index in [2.05, 4.69) is 9.80 Å². The summed E-state index contributed by atoms with van der Waals surface area (Å²) in [5.74, 6) is -0.548. The second-order valence-corrected chi connectivity index (χ2v) is 6.34. The van der Waals surface area contributed by atoms with Crippen LogP contribution < -0.4 is 9.64 Å². The zero-order valence-corrected chi connectivity index (χ0v) is 14.7. The Morgan fingerprint density at radius 2 is 1.72 bits per heavy atom. The summed E-state index contributed by atoms with van der Waals surface area (Å²) >= 11 is 6.26. The van der Waals surface area contributed by atoms with Gasteiger partial charge in [0.15, 0.2) is 0 Å². The molecule has 0 radical (unpaired) electrons. The number of carboxylic acids is 1. The highest BCUT2D eigenvalue weighted by atomic mass is 35.5. The molecule has 0 aliphatic carbocycles. The van der Waals surface area contributed by atoms with Crippen molar-refractivity contribution in [2.45, 2.75) is 0 Å². The monoisotopic (exact) mass is 360 g/mol. The van der Waals surface area contributed by atoms with Crippen molar-refractivity contribution in [1.29, 1.82) is 0 Å². The number of aromatic carboxylic acids is 1. The van der Waals surface area contributed by atoms with Crippen LogP contribution in [0.3, 0.4) is 0 Å². The maximum atomic E-state index is 11.2. The lowest BCUT2D eigenvalue weighted by Gasteiger charge is -2.36. The molecule has 1 aliphatic rings. The highest BCUT2D eigenvalue weighted by Crippen LogP contribution is 2.26. The zero-order chi connectivity index (χ0) is 17.6. The Labute approximate surface area is 152 Å². The van der Waals surface area contributed by atoms with Crippen LogP contribution in [-0.2, 0) is 0 Å². The molecule has 6 heteroatoms. The van der Waals surface area contributed by atoms with E-state index >= 15 is 0 Å². The Hall–Kier alpha value is -2.24. The summed E-state index contributed by atoms with van der Waals surface area (Å²) in [5.41, 5.74) is 1.28. The van der Waals surface area contributed by atoms with Crippen LogP contribution in [0, 0.1) is 0 Å². The van der Waals surface area contributed by atoms with Gasteiger partial charge in [-0.05, 0) is 24.3 Å². The number of anilines is 1. The van der Waals surface area contributed by atoms with Gasteiger partial charge in [0.25, 0.3) is 0 Å². The van der Waals surface area contributed by atoms with Gasteiger partial charge in [0.2, 0.25) is 0 Å². The van der Waals surface area contributed by atoms with E-state index in [1.807, 2.05) is 24.3 Å². The quantitative estimate of drug-likeness (QED) is 0.857. The normalized spacial score (nSPS) is 15.2. The van der Waals surface area contributed by atoms with E-state index in [9.17, 15) is 4.79 Å². The lowest BCUT2D eigenvalue weighted by Crippen LogP contribution is -2.47. The molecule has 5 nitrogen and oxygen atoms in total. The molecular weight excluding hydrogens is 340 g/mol. The Morgan fingerprint density at radius 1 is 1.04 bits per heavy atom. The molecule has 1 fully saturated rings. The van der Waals surface area contributed by atoms with Crippen molar-refractivity contribution >= 4 is 23.3 Å². The van der Waals surface area contributed by atoms with E-state index in [0.29, 0.717) is 12.4 Å². The smallest absolute Gasteiger partial charge is 0.339 e. The lowest BCUT2D eigenvalue weighted by molar-refractivity contribution is 0.0691. The molecule has 1 saturated heterocycles. The SMILES string of the molecule is O=C(O)c1ccccc1OCCN1CCN(c2ccccc2Cl)CC1. The second-order valence-electron chi connectivity index (χ2n) is 5.93. The van der Waals surface area contributed by atoms with Crippen molar-refractivity contribution < 1.29 is 14.6 Å². The topological polar surface area (TPSA) is 53.0 Å². The van der Waals surface area contributed by atoms with E-state index < -0.39 is 5.97 Å². The third kappa shape index (κ3) is 4.44. The van der Waals surface area contributed by atoms with E-state index in [-0.39, 0.29) is 5.56 Å². The number of halogens is 1. The Bertz CT molecular complexity index is 730. The summed E-state index contributed by atoms with van der Waals surface area (Å²) in [6.07, 6.45) is 0. The standard InChI is InChI=1S/C19H21ClN2O3/c20-16-6-2-3-7-17(16)22-11-9-21(10-12-22)13-14-25-18-8-4-1-5-15(18)19(23)24/h1-8H,9-14H2,(H,23,24). The molecular formula is C19H21ClN2O3. The number of carboxylic acid groups (broad SMARTS) is 1. The molecule has 1 heterocycles. The molecule has 0 unspecified atom stereocenters. The molecule has 0 spiro atoms. The predicted octanol–water partition coefficient (Wildman–Crippen LogP) is 3.24. The highest BCUT2D eigenvalue weighted by Gasteiger charge is 2.19. The van der Waals surface area contributed by atoms with Gasteiger partial charge in [0.05, 0.1) is 10.7 Å². The molecule has 0 aromatic heterocycles. The molecule has 0 saturated carbocycles. The van der Waals surface area contributed by atoms with Crippen molar-refractivity contribution in [3.63, 3.8) is 0 Å². The van der Waals surface area contributed by atoms with Gasteiger partial charge >= 0.3 is 5.97 Å². The number of benzene rings is 2. The van der Waals surface area contributed by atoms with Crippen LogP contribution in [0.4, 0.5) is 5.69 Å². The van der Waals surface area contributed by atoms with Gasteiger partial charge < -0.3 is 14.7 Å². The van der Waals surface area contributed by atoms with Crippen LogP contribution in [0.5, 0.6) is 5.75 Å². The van der Waals surface area contributed by atoms with Gasteiger partial charge in [0, 0.05) is 32.7 Å². The molecule has 1 N–H and O–H groups in total. The molecule has 2 aromatic rings. The summed E-state index contributed by atoms with van der Waals surface area (Å²) in [7, 11) is 0. The van der Waals surface area contributed by atoms with Gasteiger partial charge in [-0.3, -0.25) is 4.90 Å². The molecule has 0 amide bonds. The maximum absolute atomic E-state index is 11.2. The largest absolute Gasteiger partial charge is 0.491 e. The van der Waals surface area contributed by atoms with Gasteiger partial charge in [-0.1, -0.05) is 35.9 Å². The lowest BCUT2D eigenvalue weighted by atomic mass is 10.2. The minimum atomic E-state index is -0.969. The molecule has 0 bridgehead atoms. The van der Waals surface area contributed by atoms with Crippen molar-refractivity contribution in [3.8, 4) is 5.75 Å². The van der Waals surface area contributed by atoms with Gasteiger partial charge in [0.1, 0.15) is 17.9 Å². The minimum absolute atomic E-state index is 0.200. The third-order valence-corrected chi connectivity index (χ3v) is 4.67. The number of carbonyl (C=O) groups is 1. The molecule has 3 rings (SSSR count). The van der Waals surface area contributed by atoms with Crippen molar-refractivity contribution in [3.05, 3.63) is 59.1 Å². The highest BCUT2D eigenvalue weighted by molar-refractivity contribution is 6.33. The summed E-state index contributed by atoms with van der Waals surface area (Å²) in [5, 5.41) is 9.95. The first-order valence-electron chi connectivity index (χ1n) is 8.32. The van der Waals surface area contributed by atoms with Gasteiger partial charge in [-0.2, -0.15) is 0 Å². The van der Waals surface area contributed by atoms with Crippen molar-refractivity contribution in [1.82, 2.24) is 4.90 Å². The number of rotatable bonds is 6. The Balaban J connectivity index is 1.47. The minimum Gasteiger partial charge on any atom is -0.491 e. The van der Waals surface area contributed by atoms with Crippen LogP contribution in [0.15, 0.2) is 48.5 Å². The van der Waals surface area contributed by atoms with E-state index in [1.54, 1.807) is 24.3 Å². The van der Waals surface area contributed by atoms with Gasteiger partial charge in [-0.25, -0.2) is 4.79 Å². The van der Waals surface area contributed by atoms with Crippen LogP contribution in [-0.4, -0.2) is 55.3 Å². The number of hydrogen-bond acceptors (Lipinski definition) is 4. The summed E-state index contributed by atoms with van der Waals surface area (Å²) in [6.45, 7) is 4.91. The van der Waals surface area contributed by atoms with Crippen LogP contribution in [0.1, 0.15) is 10.4 Å². The molecule has 25 heavy (non-hydrogen) atoms. The van der Waals surface area contributed by atoms with E-state index in [1.165, 1.54) is 0 Å². The number of piperazine rings is 1. The number of ether oxygens (including phenoxy) is 1.